The molecule has 2 amide bonds. The topological polar surface area (TPSA) is 94.8 Å². The number of rotatable bonds is 4. The third-order valence-corrected chi connectivity index (χ3v) is 3.63. The quantitative estimate of drug-likeness (QED) is 0.806. The molecule has 2 rings (SSSR count). The number of hydrogen-bond donors (Lipinski definition) is 1. The average Bonchev–Trinajstić information content (AvgIpc) is 3.06. The van der Waals surface area contributed by atoms with Crippen molar-refractivity contribution in [3.05, 3.63) is 46.1 Å². The Morgan fingerprint density at radius 3 is 2.56 bits per heavy atom. The normalized spacial score (nSPS) is 11.5. The number of esters is 1. The average molecular weight is 386 g/mol. The highest BCUT2D eigenvalue weighted by Gasteiger charge is 2.23. The zero-order chi connectivity index (χ0) is 18.6. The lowest BCUT2D eigenvalue weighted by Crippen LogP contribution is -2.39. The lowest BCUT2D eigenvalue weighted by Gasteiger charge is -2.11. The van der Waals surface area contributed by atoms with Gasteiger partial charge in [0, 0.05) is 10.6 Å². The van der Waals surface area contributed by atoms with Crippen molar-refractivity contribution in [2.45, 2.75) is 13.0 Å². The summed E-state index contributed by atoms with van der Waals surface area (Å²) in [5, 5.41) is 2.74. The maximum absolute atomic E-state index is 12.0. The maximum Gasteiger partial charge on any atom is 0.413 e. The van der Waals surface area contributed by atoms with Gasteiger partial charge in [-0.2, -0.15) is 0 Å². The van der Waals surface area contributed by atoms with E-state index in [-0.39, 0.29) is 5.76 Å². The van der Waals surface area contributed by atoms with Gasteiger partial charge in [0.25, 0.3) is 5.91 Å². The first-order chi connectivity index (χ1) is 11.8. The second-order valence-electron chi connectivity index (χ2n) is 4.82. The van der Waals surface area contributed by atoms with Gasteiger partial charge in [-0.25, -0.2) is 9.59 Å². The molecule has 7 nitrogen and oxygen atoms in total. The number of amides is 2. The summed E-state index contributed by atoms with van der Waals surface area (Å²) in [6, 6.07) is 7.70. The molecule has 1 aromatic heterocycles. The van der Waals surface area contributed by atoms with Crippen LogP contribution < -0.4 is 5.32 Å². The molecule has 0 bridgehead atoms. The van der Waals surface area contributed by atoms with E-state index in [2.05, 4.69) is 4.74 Å². The molecule has 25 heavy (non-hydrogen) atoms. The van der Waals surface area contributed by atoms with Crippen LogP contribution in [-0.2, 0) is 14.3 Å². The molecule has 0 fully saturated rings. The molecule has 2 aromatic rings. The molecule has 1 N–H and O–H groups in total. The molecule has 0 aliphatic carbocycles. The predicted octanol–water partition coefficient (Wildman–Crippen LogP) is 3.68. The number of benzene rings is 1. The Morgan fingerprint density at radius 2 is 1.88 bits per heavy atom. The molecule has 132 valence electrons. The van der Waals surface area contributed by atoms with Gasteiger partial charge in [-0.05, 0) is 37.3 Å². The summed E-state index contributed by atoms with van der Waals surface area (Å²) < 4.78 is 14.6. The zero-order valence-electron chi connectivity index (χ0n) is 13.2. The van der Waals surface area contributed by atoms with Gasteiger partial charge >= 0.3 is 12.1 Å². The number of halogens is 2. The minimum Gasteiger partial charge on any atom is -0.453 e. The second kappa shape index (κ2) is 8.04. The highest BCUT2D eigenvalue weighted by Crippen LogP contribution is 2.32. The number of carbonyl (C=O) groups is 3. The van der Waals surface area contributed by atoms with E-state index in [1.165, 1.54) is 19.1 Å². The van der Waals surface area contributed by atoms with E-state index >= 15 is 0 Å². The Bertz CT molecular complexity index is 817. The third kappa shape index (κ3) is 4.74. The standard InChI is InChI=1S/C16H13Cl2NO6/c1-8(14(20)19-16(22)23-2)24-15(21)13-6-5-12(25-13)10-7-9(17)3-4-11(10)18/h3-8H,1-2H3,(H,19,20,22)/t8-/m1/s1. The Labute approximate surface area is 152 Å². The fraction of sp³-hybridized carbons (Fsp3) is 0.188. The molecular weight excluding hydrogens is 373 g/mol. The van der Waals surface area contributed by atoms with Gasteiger partial charge in [0.2, 0.25) is 5.76 Å². The van der Waals surface area contributed by atoms with E-state index in [1.807, 2.05) is 5.32 Å². The van der Waals surface area contributed by atoms with E-state index < -0.39 is 24.1 Å². The van der Waals surface area contributed by atoms with Crippen LogP contribution >= 0.6 is 23.2 Å². The molecule has 9 heteroatoms. The number of carbonyl (C=O) groups excluding carboxylic acids is 3. The van der Waals surface area contributed by atoms with Crippen molar-refractivity contribution in [3.8, 4) is 11.3 Å². The minimum atomic E-state index is -1.23. The van der Waals surface area contributed by atoms with Crippen LogP contribution in [0.4, 0.5) is 4.79 Å². The zero-order valence-corrected chi connectivity index (χ0v) is 14.7. The van der Waals surface area contributed by atoms with Crippen LogP contribution in [0.2, 0.25) is 10.0 Å². The van der Waals surface area contributed by atoms with Crippen molar-refractivity contribution in [1.82, 2.24) is 5.32 Å². The Balaban J connectivity index is 2.09. The molecular formula is C16H13Cl2NO6. The number of ether oxygens (including phenoxy) is 2. The van der Waals surface area contributed by atoms with Gasteiger partial charge in [0.05, 0.1) is 12.1 Å². The van der Waals surface area contributed by atoms with Crippen LogP contribution in [0.15, 0.2) is 34.7 Å². The number of nitrogens with one attached hydrogen (secondary N) is 1. The largest absolute Gasteiger partial charge is 0.453 e. The number of hydrogen-bond acceptors (Lipinski definition) is 6. The van der Waals surface area contributed by atoms with Crippen LogP contribution in [0, 0.1) is 0 Å². The minimum absolute atomic E-state index is 0.135. The molecule has 0 aliphatic heterocycles. The highest BCUT2D eigenvalue weighted by atomic mass is 35.5. The molecule has 0 spiro atoms. The lowest BCUT2D eigenvalue weighted by molar-refractivity contribution is -0.128. The molecule has 0 saturated carbocycles. The molecule has 1 heterocycles. The van der Waals surface area contributed by atoms with Crippen LogP contribution in [0.25, 0.3) is 11.3 Å². The number of imide groups is 1. The van der Waals surface area contributed by atoms with Crippen molar-refractivity contribution in [1.29, 1.82) is 0 Å². The van der Waals surface area contributed by atoms with Crippen LogP contribution in [-0.4, -0.2) is 31.2 Å². The Kier molecular flexibility index (Phi) is 6.06. The van der Waals surface area contributed by atoms with Crippen LogP contribution in [0.1, 0.15) is 17.5 Å². The molecule has 0 radical (unpaired) electrons. The molecule has 0 aliphatic rings. The fourth-order valence-electron chi connectivity index (χ4n) is 1.80. The number of methoxy groups -OCH3 is 1. The molecule has 1 atom stereocenters. The van der Waals surface area contributed by atoms with Crippen molar-refractivity contribution in [2.24, 2.45) is 0 Å². The summed E-state index contributed by atoms with van der Waals surface area (Å²) in [6.07, 6.45) is -2.18. The Hall–Kier alpha value is -2.51. The number of furan rings is 1. The van der Waals surface area contributed by atoms with Crippen LogP contribution in [0.3, 0.4) is 0 Å². The van der Waals surface area contributed by atoms with Gasteiger partial charge in [-0.15, -0.1) is 0 Å². The predicted molar refractivity (Wildman–Crippen MR) is 89.6 cm³/mol. The summed E-state index contributed by atoms with van der Waals surface area (Å²) in [5.74, 6) is -1.53. The van der Waals surface area contributed by atoms with Gasteiger partial charge in [0.15, 0.2) is 6.10 Å². The fourth-order valence-corrected chi connectivity index (χ4v) is 2.19. The first-order valence-electron chi connectivity index (χ1n) is 6.97. The lowest BCUT2D eigenvalue weighted by atomic mass is 10.2. The van der Waals surface area contributed by atoms with E-state index in [4.69, 9.17) is 32.4 Å². The second-order valence-corrected chi connectivity index (χ2v) is 5.66. The molecule has 0 unspecified atom stereocenters. The van der Waals surface area contributed by atoms with E-state index in [1.54, 1.807) is 18.2 Å². The number of alkyl carbamates (subject to hydrolysis) is 1. The van der Waals surface area contributed by atoms with E-state index in [0.717, 1.165) is 7.11 Å². The maximum atomic E-state index is 12.0. The first-order valence-corrected chi connectivity index (χ1v) is 7.72. The molecule has 1 aromatic carbocycles. The molecule has 0 saturated heterocycles. The summed E-state index contributed by atoms with van der Waals surface area (Å²) in [7, 11) is 1.10. The van der Waals surface area contributed by atoms with Crippen LogP contribution in [0.5, 0.6) is 0 Å². The summed E-state index contributed by atoms with van der Waals surface area (Å²) >= 11 is 12.0. The summed E-state index contributed by atoms with van der Waals surface area (Å²) in [4.78, 5) is 34.6. The summed E-state index contributed by atoms with van der Waals surface area (Å²) in [6.45, 7) is 1.30. The van der Waals surface area contributed by atoms with Crippen molar-refractivity contribution < 1.29 is 28.3 Å². The van der Waals surface area contributed by atoms with Gasteiger partial charge in [0.1, 0.15) is 5.76 Å². The summed E-state index contributed by atoms with van der Waals surface area (Å²) in [5.41, 5.74) is 0.504. The first kappa shape index (κ1) is 18.8. The van der Waals surface area contributed by atoms with Gasteiger partial charge < -0.3 is 13.9 Å². The van der Waals surface area contributed by atoms with Crippen molar-refractivity contribution >= 4 is 41.2 Å². The third-order valence-electron chi connectivity index (χ3n) is 3.06. The SMILES string of the molecule is COC(=O)NC(=O)[C@@H](C)OC(=O)c1ccc(-c2cc(Cl)ccc2Cl)o1. The Morgan fingerprint density at radius 1 is 1.16 bits per heavy atom. The monoisotopic (exact) mass is 385 g/mol. The van der Waals surface area contributed by atoms with Gasteiger partial charge in [-0.1, -0.05) is 23.2 Å². The van der Waals surface area contributed by atoms with Crippen molar-refractivity contribution in [3.63, 3.8) is 0 Å². The van der Waals surface area contributed by atoms with E-state index in [9.17, 15) is 14.4 Å². The van der Waals surface area contributed by atoms with Crippen molar-refractivity contribution in [2.75, 3.05) is 7.11 Å². The van der Waals surface area contributed by atoms with E-state index in [0.29, 0.717) is 21.4 Å². The highest BCUT2D eigenvalue weighted by molar-refractivity contribution is 6.35. The van der Waals surface area contributed by atoms with Gasteiger partial charge in [-0.3, -0.25) is 10.1 Å². The smallest absolute Gasteiger partial charge is 0.413 e.